The van der Waals surface area contributed by atoms with Crippen molar-refractivity contribution in [1.82, 2.24) is 5.32 Å². The maximum Gasteiger partial charge on any atom is 0.244 e. The van der Waals surface area contributed by atoms with Crippen LogP contribution in [0.1, 0.15) is 38.2 Å². The Hall–Kier alpha value is -1.28. The predicted molar refractivity (Wildman–Crippen MR) is 87.0 cm³/mol. The summed E-state index contributed by atoms with van der Waals surface area (Å²) in [5.41, 5.74) is 0.949. The van der Waals surface area contributed by atoms with E-state index in [-0.39, 0.29) is 11.9 Å². The van der Waals surface area contributed by atoms with E-state index in [0.717, 1.165) is 17.4 Å². The van der Waals surface area contributed by atoms with Crippen LogP contribution in [0.5, 0.6) is 0 Å². The first kappa shape index (κ1) is 14.6. The molecule has 1 amide bonds. The van der Waals surface area contributed by atoms with Crippen molar-refractivity contribution < 1.29 is 4.79 Å². The van der Waals surface area contributed by atoms with Gasteiger partial charge in [-0.15, -0.1) is 0 Å². The summed E-state index contributed by atoms with van der Waals surface area (Å²) >= 11 is 5.93. The van der Waals surface area contributed by atoms with E-state index in [1.54, 1.807) is 6.08 Å². The summed E-state index contributed by atoms with van der Waals surface area (Å²) in [7, 11) is 0. The lowest BCUT2D eigenvalue weighted by molar-refractivity contribution is -0.117. The molecule has 0 spiro atoms. The first-order valence-electron chi connectivity index (χ1n) is 7.86. The zero-order valence-corrected chi connectivity index (χ0v) is 13.1. The van der Waals surface area contributed by atoms with Gasteiger partial charge in [0.1, 0.15) is 0 Å². The Morgan fingerprint density at radius 1 is 1.38 bits per heavy atom. The van der Waals surface area contributed by atoms with Crippen LogP contribution in [0.15, 0.2) is 30.3 Å². The van der Waals surface area contributed by atoms with Crippen LogP contribution in [0.25, 0.3) is 6.08 Å². The molecule has 3 rings (SSSR count). The molecule has 0 aromatic heterocycles. The van der Waals surface area contributed by atoms with Gasteiger partial charge in [0.05, 0.1) is 0 Å². The second kappa shape index (κ2) is 6.23. The lowest BCUT2D eigenvalue weighted by atomic mass is 9.84. The third-order valence-electron chi connectivity index (χ3n) is 5.08. The number of fused-ring (bicyclic) bond motifs is 2. The summed E-state index contributed by atoms with van der Waals surface area (Å²) in [5.74, 6) is 2.42. The molecule has 21 heavy (non-hydrogen) atoms. The van der Waals surface area contributed by atoms with Gasteiger partial charge in [-0.05, 0) is 67.7 Å². The zero-order chi connectivity index (χ0) is 14.8. The lowest BCUT2D eigenvalue weighted by Crippen LogP contribution is -2.39. The molecule has 0 aliphatic heterocycles. The second-order valence-electron chi connectivity index (χ2n) is 6.52. The highest BCUT2D eigenvalue weighted by atomic mass is 35.5. The summed E-state index contributed by atoms with van der Waals surface area (Å²) in [6.45, 7) is 2.15. The van der Waals surface area contributed by atoms with E-state index in [0.29, 0.717) is 10.9 Å². The molecule has 3 heteroatoms. The Kier molecular flexibility index (Phi) is 4.34. The highest BCUT2D eigenvalue weighted by molar-refractivity contribution is 6.30. The van der Waals surface area contributed by atoms with Crippen LogP contribution in [0, 0.1) is 17.8 Å². The molecule has 1 N–H and O–H groups in total. The van der Waals surface area contributed by atoms with Gasteiger partial charge in [0.15, 0.2) is 0 Å². The van der Waals surface area contributed by atoms with Crippen LogP contribution in [-0.4, -0.2) is 11.9 Å². The average molecular weight is 304 g/mol. The van der Waals surface area contributed by atoms with E-state index in [4.69, 9.17) is 11.6 Å². The first-order valence-corrected chi connectivity index (χ1v) is 8.24. The number of hydrogen-bond acceptors (Lipinski definition) is 1. The lowest BCUT2D eigenvalue weighted by Gasteiger charge is -2.28. The van der Waals surface area contributed by atoms with Gasteiger partial charge in [-0.2, -0.15) is 0 Å². The number of benzene rings is 1. The van der Waals surface area contributed by atoms with E-state index in [1.165, 1.54) is 25.7 Å². The molecule has 2 fully saturated rings. The van der Waals surface area contributed by atoms with Gasteiger partial charge in [0, 0.05) is 17.1 Å². The summed E-state index contributed by atoms with van der Waals surface area (Å²) < 4.78 is 0. The number of carbonyl (C=O) groups excluding carboxylic acids is 1. The van der Waals surface area contributed by atoms with Crippen molar-refractivity contribution in [2.45, 2.75) is 38.6 Å². The van der Waals surface area contributed by atoms with E-state index < -0.39 is 0 Å². The molecule has 1 aromatic carbocycles. The molecule has 2 nitrogen and oxygen atoms in total. The fourth-order valence-corrected chi connectivity index (χ4v) is 4.27. The number of rotatable bonds is 4. The number of carbonyl (C=O) groups is 1. The molecule has 2 aliphatic rings. The number of halogens is 1. The Balaban J connectivity index is 1.54. The van der Waals surface area contributed by atoms with Gasteiger partial charge >= 0.3 is 0 Å². The third-order valence-corrected chi connectivity index (χ3v) is 5.32. The minimum absolute atomic E-state index is 0.00903. The normalized spacial score (nSPS) is 29.0. The fraction of sp³-hybridized carbons (Fsp3) is 0.500. The van der Waals surface area contributed by atoms with Crippen LogP contribution in [0.3, 0.4) is 0 Å². The topological polar surface area (TPSA) is 29.1 Å². The van der Waals surface area contributed by atoms with Crippen LogP contribution < -0.4 is 5.32 Å². The Morgan fingerprint density at radius 3 is 2.90 bits per heavy atom. The van der Waals surface area contributed by atoms with Crippen LogP contribution in [0.2, 0.25) is 5.02 Å². The standard InChI is InChI=1S/C18H22ClNO/c1-12(17-11-14-5-7-15(17)9-14)20-18(21)8-6-13-3-2-4-16(19)10-13/h2-4,6,8,10,12,14-15,17H,5,7,9,11H2,1H3,(H,20,21). The smallest absolute Gasteiger partial charge is 0.244 e. The minimum Gasteiger partial charge on any atom is -0.350 e. The fourth-order valence-electron chi connectivity index (χ4n) is 4.07. The van der Waals surface area contributed by atoms with Crippen molar-refractivity contribution in [2.75, 3.05) is 0 Å². The van der Waals surface area contributed by atoms with Crippen molar-refractivity contribution in [1.29, 1.82) is 0 Å². The Morgan fingerprint density at radius 2 is 2.24 bits per heavy atom. The molecule has 0 radical (unpaired) electrons. The Labute approximate surface area is 131 Å². The molecule has 2 aliphatic carbocycles. The molecule has 4 atom stereocenters. The molecular formula is C18H22ClNO. The van der Waals surface area contributed by atoms with Gasteiger partial charge in [0.25, 0.3) is 0 Å². The largest absolute Gasteiger partial charge is 0.350 e. The molecule has 0 saturated heterocycles. The molecule has 1 aromatic rings. The molecule has 0 heterocycles. The zero-order valence-electron chi connectivity index (χ0n) is 12.4. The van der Waals surface area contributed by atoms with E-state index in [1.807, 2.05) is 30.3 Å². The van der Waals surface area contributed by atoms with Crippen molar-refractivity contribution in [3.63, 3.8) is 0 Å². The summed E-state index contributed by atoms with van der Waals surface area (Å²) in [4.78, 5) is 12.0. The monoisotopic (exact) mass is 303 g/mol. The maximum absolute atomic E-state index is 12.0. The van der Waals surface area contributed by atoms with Crippen molar-refractivity contribution in [3.8, 4) is 0 Å². The third kappa shape index (κ3) is 3.49. The minimum atomic E-state index is -0.00903. The van der Waals surface area contributed by atoms with Crippen molar-refractivity contribution in [2.24, 2.45) is 17.8 Å². The second-order valence-corrected chi connectivity index (χ2v) is 6.96. The summed E-state index contributed by atoms with van der Waals surface area (Å²) in [6, 6.07) is 7.78. The summed E-state index contributed by atoms with van der Waals surface area (Å²) in [6.07, 6.45) is 8.85. The van der Waals surface area contributed by atoms with Gasteiger partial charge in [-0.1, -0.05) is 30.2 Å². The number of hydrogen-bond donors (Lipinski definition) is 1. The van der Waals surface area contributed by atoms with Crippen molar-refractivity contribution in [3.05, 3.63) is 40.9 Å². The first-order chi connectivity index (χ1) is 10.1. The quantitative estimate of drug-likeness (QED) is 0.826. The molecule has 4 unspecified atom stereocenters. The molecule has 112 valence electrons. The molecular weight excluding hydrogens is 282 g/mol. The van der Waals surface area contributed by atoms with Crippen LogP contribution in [0.4, 0.5) is 0 Å². The van der Waals surface area contributed by atoms with Gasteiger partial charge in [-0.3, -0.25) is 4.79 Å². The van der Waals surface area contributed by atoms with E-state index in [2.05, 4.69) is 12.2 Å². The van der Waals surface area contributed by atoms with Crippen molar-refractivity contribution >= 4 is 23.6 Å². The highest BCUT2D eigenvalue weighted by Gasteiger charge is 2.41. The van der Waals surface area contributed by atoms with Gasteiger partial charge in [-0.25, -0.2) is 0 Å². The predicted octanol–water partition coefficient (Wildman–Crippen LogP) is 4.29. The SMILES string of the molecule is CC(NC(=O)C=Cc1cccc(Cl)c1)C1CC2CCC1C2. The van der Waals surface area contributed by atoms with E-state index >= 15 is 0 Å². The molecule has 2 saturated carbocycles. The average Bonchev–Trinajstić information content (AvgIpc) is 3.08. The van der Waals surface area contributed by atoms with Gasteiger partial charge < -0.3 is 5.32 Å². The summed E-state index contributed by atoms with van der Waals surface area (Å²) in [5, 5.41) is 3.82. The van der Waals surface area contributed by atoms with Crippen LogP contribution in [-0.2, 0) is 4.79 Å². The van der Waals surface area contributed by atoms with Gasteiger partial charge in [0.2, 0.25) is 5.91 Å². The van der Waals surface area contributed by atoms with E-state index in [9.17, 15) is 4.79 Å². The molecule has 2 bridgehead atoms. The van der Waals surface area contributed by atoms with Crippen LogP contribution >= 0.6 is 11.6 Å². The number of nitrogens with one attached hydrogen (secondary N) is 1. The Bertz CT molecular complexity index is 554. The maximum atomic E-state index is 12.0. The number of amides is 1. The highest BCUT2D eigenvalue weighted by Crippen LogP contribution is 2.49.